The van der Waals surface area contributed by atoms with Gasteiger partial charge >= 0.3 is 5.97 Å². The molecule has 1 N–H and O–H groups in total. The third-order valence-corrected chi connectivity index (χ3v) is 4.02. The summed E-state index contributed by atoms with van der Waals surface area (Å²) in [4.78, 5) is 14.9. The summed E-state index contributed by atoms with van der Waals surface area (Å²) in [5.41, 5.74) is 2.24. The van der Waals surface area contributed by atoms with E-state index in [1.807, 2.05) is 23.8 Å². The molecule has 0 radical (unpaired) electrons. The molecule has 2 aromatic heterocycles. The normalized spacial score (nSPS) is 10.8. The number of rotatable bonds is 7. The van der Waals surface area contributed by atoms with Gasteiger partial charge in [-0.15, -0.1) is 10.2 Å². The van der Waals surface area contributed by atoms with E-state index in [4.69, 9.17) is 5.11 Å². The maximum Gasteiger partial charge on any atom is 0.313 e. The van der Waals surface area contributed by atoms with Gasteiger partial charge in [-0.2, -0.15) is 0 Å². The zero-order valence-corrected chi connectivity index (χ0v) is 12.9. The largest absolute Gasteiger partial charge is 0.481 e. The summed E-state index contributed by atoms with van der Waals surface area (Å²) in [6.45, 7) is 4.73. The smallest absolute Gasteiger partial charge is 0.313 e. The monoisotopic (exact) mass is 306 g/mol. The lowest BCUT2D eigenvalue weighted by Gasteiger charge is -2.11. The van der Waals surface area contributed by atoms with E-state index in [0.29, 0.717) is 11.7 Å². The Labute approximate surface area is 127 Å². The second-order valence-corrected chi connectivity index (χ2v) is 5.66. The van der Waals surface area contributed by atoms with E-state index in [0.717, 1.165) is 29.8 Å². The van der Waals surface area contributed by atoms with Crippen molar-refractivity contribution in [1.82, 2.24) is 19.7 Å². The Morgan fingerprint density at radius 1 is 1.43 bits per heavy atom. The van der Waals surface area contributed by atoms with Gasteiger partial charge in [0.05, 0.1) is 12.3 Å². The molecule has 7 heteroatoms. The number of hydrogen-bond donors (Lipinski definition) is 1. The maximum absolute atomic E-state index is 10.7. The van der Waals surface area contributed by atoms with Crippen LogP contribution in [0.3, 0.4) is 0 Å². The van der Waals surface area contributed by atoms with Crippen LogP contribution in [0.15, 0.2) is 23.6 Å². The van der Waals surface area contributed by atoms with Crippen LogP contribution in [0.4, 0.5) is 0 Å². The average molecular weight is 306 g/mol. The van der Waals surface area contributed by atoms with E-state index in [1.165, 1.54) is 11.8 Å². The molecule has 0 aliphatic carbocycles. The van der Waals surface area contributed by atoms with Gasteiger partial charge in [-0.1, -0.05) is 18.7 Å². The topological polar surface area (TPSA) is 80.9 Å². The first-order valence-electron chi connectivity index (χ1n) is 6.78. The van der Waals surface area contributed by atoms with Crippen LogP contribution in [0.1, 0.15) is 30.3 Å². The summed E-state index contributed by atoms with van der Waals surface area (Å²) in [6, 6.07) is 1.96. The first-order valence-corrected chi connectivity index (χ1v) is 7.76. The van der Waals surface area contributed by atoms with Crippen LogP contribution in [0.5, 0.6) is 0 Å². The number of carbonyl (C=O) groups is 1. The van der Waals surface area contributed by atoms with Gasteiger partial charge in [0.1, 0.15) is 5.82 Å². The minimum absolute atomic E-state index is 0.0176. The molecule has 112 valence electrons. The molecule has 0 amide bonds. The predicted octanol–water partition coefficient (Wildman–Crippen LogP) is 2.16. The standard InChI is InChI=1S/C14H18N4O2S/c1-3-4-12-16-17-14(21-9-13(19)20)18(12)8-11-7-15-6-5-10(11)2/h5-7H,3-4,8-9H2,1-2H3,(H,19,20). The molecule has 0 saturated heterocycles. The average Bonchev–Trinajstić information content (AvgIpc) is 2.82. The van der Waals surface area contributed by atoms with Gasteiger partial charge in [0.15, 0.2) is 5.16 Å². The second-order valence-electron chi connectivity index (χ2n) is 4.72. The quantitative estimate of drug-likeness (QED) is 0.790. The fourth-order valence-corrected chi connectivity index (χ4v) is 2.63. The number of nitrogens with zero attached hydrogens (tertiary/aromatic N) is 4. The number of pyridine rings is 1. The van der Waals surface area contributed by atoms with Crippen molar-refractivity contribution in [3.05, 3.63) is 35.4 Å². The van der Waals surface area contributed by atoms with E-state index in [9.17, 15) is 4.79 Å². The zero-order chi connectivity index (χ0) is 15.2. The SMILES string of the molecule is CCCc1nnc(SCC(=O)O)n1Cc1cnccc1C. The van der Waals surface area contributed by atoms with Gasteiger partial charge in [-0.05, 0) is 30.5 Å². The highest BCUT2D eigenvalue weighted by molar-refractivity contribution is 7.99. The van der Waals surface area contributed by atoms with Gasteiger partial charge in [0, 0.05) is 18.8 Å². The summed E-state index contributed by atoms with van der Waals surface area (Å²) in [7, 11) is 0. The Balaban J connectivity index is 2.27. The van der Waals surface area contributed by atoms with E-state index in [1.54, 1.807) is 6.20 Å². The van der Waals surface area contributed by atoms with Crippen LogP contribution in [0.2, 0.25) is 0 Å². The fourth-order valence-electron chi connectivity index (χ4n) is 1.95. The highest BCUT2D eigenvalue weighted by atomic mass is 32.2. The van der Waals surface area contributed by atoms with E-state index in [-0.39, 0.29) is 5.75 Å². The molecule has 21 heavy (non-hydrogen) atoms. The van der Waals surface area contributed by atoms with Gasteiger partial charge < -0.3 is 9.67 Å². The molecule has 0 spiro atoms. The molecule has 0 aliphatic heterocycles. The minimum atomic E-state index is -0.857. The highest BCUT2D eigenvalue weighted by Gasteiger charge is 2.14. The molecule has 0 atom stereocenters. The van der Waals surface area contributed by atoms with Crippen LogP contribution in [0, 0.1) is 6.92 Å². The van der Waals surface area contributed by atoms with E-state index >= 15 is 0 Å². The Morgan fingerprint density at radius 3 is 2.90 bits per heavy atom. The molecule has 6 nitrogen and oxygen atoms in total. The summed E-state index contributed by atoms with van der Waals surface area (Å²) >= 11 is 1.20. The summed E-state index contributed by atoms with van der Waals surface area (Å²) < 4.78 is 1.99. The number of carboxylic acids is 1. The lowest BCUT2D eigenvalue weighted by molar-refractivity contribution is -0.133. The van der Waals surface area contributed by atoms with Crippen LogP contribution in [0.25, 0.3) is 0 Å². The van der Waals surface area contributed by atoms with Crippen LogP contribution >= 0.6 is 11.8 Å². The first-order chi connectivity index (χ1) is 10.1. The molecule has 2 heterocycles. The zero-order valence-electron chi connectivity index (χ0n) is 12.1. The summed E-state index contributed by atoms with van der Waals surface area (Å²) in [5, 5.41) is 17.8. The number of hydrogen-bond acceptors (Lipinski definition) is 5. The van der Waals surface area contributed by atoms with Crippen LogP contribution in [-0.4, -0.2) is 36.6 Å². The Morgan fingerprint density at radius 2 is 2.24 bits per heavy atom. The van der Waals surface area contributed by atoms with Crippen molar-refractivity contribution in [3.63, 3.8) is 0 Å². The van der Waals surface area contributed by atoms with Crippen molar-refractivity contribution in [2.45, 2.75) is 38.4 Å². The van der Waals surface area contributed by atoms with Crippen molar-refractivity contribution in [1.29, 1.82) is 0 Å². The maximum atomic E-state index is 10.7. The van der Waals surface area contributed by atoms with E-state index < -0.39 is 5.97 Å². The van der Waals surface area contributed by atoms with Crippen molar-refractivity contribution in [2.75, 3.05) is 5.75 Å². The Kier molecular flexibility index (Phi) is 5.32. The molecule has 2 rings (SSSR count). The van der Waals surface area contributed by atoms with Gasteiger partial charge in [0.25, 0.3) is 0 Å². The fraction of sp³-hybridized carbons (Fsp3) is 0.429. The predicted molar refractivity (Wildman–Crippen MR) is 80.5 cm³/mol. The molecular formula is C14H18N4O2S. The molecule has 0 aromatic carbocycles. The number of aliphatic carboxylic acids is 1. The molecule has 0 saturated carbocycles. The summed E-state index contributed by atoms with van der Waals surface area (Å²) in [6.07, 6.45) is 5.38. The second kappa shape index (κ2) is 7.21. The first kappa shape index (κ1) is 15.5. The lowest BCUT2D eigenvalue weighted by Crippen LogP contribution is -2.09. The third-order valence-electron chi connectivity index (χ3n) is 3.07. The lowest BCUT2D eigenvalue weighted by atomic mass is 10.1. The molecule has 2 aromatic rings. The van der Waals surface area contributed by atoms with Gasteiger partial charge in [-0.25, -0.2) is 0 Å². The molecule has 0 bridgehead atoms. The number of carboxylic acid groups (broad SMARTS) is 1. The molecular weight excluding hydrogens is 288 g/mol. The van der Waals surface area contributed by atoms with Crippen molar-refractivity contribution >= 4 is 17.7 Å². The highest BCUT2D eigenvalue weighted by Crippen LogP contribution is 2.20. The van der Waals surface area contributed by atoms with Crippen LogP contribution in [-0.2, 0) is 17.8 Å². The van der Waals surface area contributed by atoms with Gasteiger partial charge in [0.2, 0.25) is 0 Å². The molecule has 0 aliphatic rings. The number of thioether (sulfide) groups is 1. The van der Waals surface area contributed by atoms with Crippen molar-refractivity contribution in [3.8, 4) is 0 Å². The van der Waals surface area contributed by atoms with Crippen molar-refractivity contribution in [2.24, 2.45) is 0 Å². The summed E-state index contributed by atoms with van der Waals surface area (Å²) in [5.74, 6) is 0.00815. The number of aromatic nitrogens is 4. The third kappa shape index (κ3) is 4.04. The Hall–Kier alpha value is -1.89. The van der Waals surface area contributed by atoms with Crippen molar-refractivity contribution < 1.29 is 9.90 Å². The molecule has 0 unspecified atom stereocenters. The van der Waals surface area contributed by atoms with Gasteiger partial charge in [-0.3, -0.25) is 9.78 Å². The van der Waals surface area contributed by atoms with E-state index in [2.05, 4.69) is 22.1 Å². The van der Waals surface area contributed by atoms with Crippen LogP contribution < -0.4 is 0 Å². The molecule has 0 fully saturated rings. The Bertz CT molecular complexity index is 627. The minimum Gasteiger partial charge on any atom is -0.481 e. The number of aryl methyl sites for hydroxylation is 2.